The molecular formula is C28H30N2O5S. The van der Waals surface area contributed by atoms with Crippen LogP contribution in [-0.4, -0.2) is 37.6 Å². The maximum Gasteiger partial charge on any atom is 0.264 e. The molecule has 0 bridgehead atoms. The number of carbonyl (C=O) groups excluding carboxylic acids is 1. The van der Waals surface area contributed by atoms with Gasteiger partial charge in [0.25, 0.3) is 10.1 Å². The van der Waals surface area contributed by atoms with Gasteiger partial charge in [-0.2, -0.15) is 8.42 Å². The first kappa shape index (κ1) is 25.6. The lowest BCUT2D eigenvalue weighted by molar-refractivity contribution is 0.101. The molecule has 0 saturated heterocycles. The predicted molar refractivity (Wildman–Crippen MR) is 143 cm³/mol. The molecule has 0 amide bonds. The second kappa shape index (κ2) is 11.1. The van der Waals surface area contributed by atoms with Crippen LogP contribution < -0.4 is 10.7 Å². The first-order valence-electron chi connectivity index (χ1n) is 12.1. The molecule has 0 aromatic heterocycles. The molecule has 0 atom stereocenters. The van der Waals surface area contributed by atoms with Crippen LogP contribution >= 0.6 is 0 Å². The van der Waals surface area contributed by atoms with E-state index in [2.05, 4.69) is 17.2 Å². The quantitative estimate of drug-likeness (QED) is 0.122. The first-order valence-corrected chi connectivity index (χ1v) is 13.7. The number of hydrogen-bond donors (Lipinski definition) is 2. The summed E-state index contributed by atoms with van der Waals surface area (Å²) in [6.45, 7) is 4.83. The Labute approximate surface area is 211 Å². The van der Waals surface area contributed by atoms with Crippen molar-refractivity contribution in [2.45, 2.75) is 33.1 Å². The number of nitrogens with zero attached hydrogens (tertiary/aromatic N) is 1. The van der Waals surface area contributed by atoms with Gasteiger partial charge >= 0.3 is 0 Å². The molecule has 8 heteroatoms. The average Bonchev–Trinajstić information content (AvgIpc) is 2.84. The zero-order chi connectivity index (χ0) is 25.7. The fourth-order valence-electron chi connectivity index (χ4n) is 4.25. The van der Waals surface area contributed by atoms with Crippen LogP contribution in [0.3, 0.4) is 0 Å². The van der Waals surface area contributed by atoms with Crippen molar-refractivity contribution in [1.82, 2.24) is 0 Å². The van der Waals surface area contributed by atoms with Crippen LogP contribution in [0.2, 0.25) is 0 Å². The van der Waals surface area contributed by atoms with E-state index < -0.39 is 10.1 Å². The molecular weight excluding hydrogens is 476 g/mol. The Kier molecular flexibility index (Phi) is 7.86. The molecule has 1 heterocycles. The van der Waals surface area contributed by atoms with Gasteiger partial charge in [-0.15, -0.1) is 0 Å². The highest BCUT2D eigenvalue weighted by molar-refractivity contribution is 7.85. The number of nitrogens with one attached hydrogen (secondary N) is 1. The van der Waals surface area contributed by atoms with Gasteiger partial charge in [0, 0.05) is 53.0 Å². The molecule has 2 aliphatic rings. The van der Waals surface area contributed by atoms with Crippen molar-refractivity contribution in [3.63, 3.8) is 0 Å². The summed E-state index contributed by atoms with van der Waals surface area (Å²) < 4.78 is 37.2. The molecule has 0 saturated carbocycles. The molecule has 7 nitrogen and oxygen atoms in total. The SMILES string of the molecule is CCCCNc1ccc2c(-c3ccccc3C(C)=O)c3ccc(=NCCCS(=O)(=O)O)cc-3oc2c1. The lowest BCUT2D eigenvalue weighted by atomic mass is 9.90. The smallest absolute Gasteiger partial charge is 0.264 e. The molecule has 0 fully saturated rings. The minimum atomic E-state index is -4.01. The fourth-order valence-corrected chi connectivity index (χ4v) is 4.74. The van der Waals surface area contributed by atoms with Crippen LogP contribution in [0.4, 0.5) is 5.69 Å². The molecule has 1 aliphatic heterocycles. The summed E-state index contributed by atoms with van der Waals surface area (Å²) >= 11 is 0. The van der Waals surface area contributed by atoms with E-state index in [0.717, 1.165) is 47.2 Å². The molecule has 36 heavy (non-hydrogen) atoms. The summed E-state index contributed by atoms with van der Waals surface area (Å²) in [6.07, 6.45) is 2.38. The maximum atomic E-state index is 12.5. The van der Waals surface area contributed by atoms with Gasteiger partial charge in [0.05, 0.1) is 11.1 Å². The van der Waals surface area contributed by atoms with Gasteiger partial charge in [-0.05, 0) is 49.6 Å². The van der Waals surface area contributed by atoms with Gasteiger partial charge < -0.3 is 9.73 Å². The van der Waals surface area contributed by atoms with Crippen molar-refractivity contribution in [1.29, 1.82) is 0 Å². The zero-order valence-corrected chi connectivity index (χ0v) is 21.3. The van der Waals surface area contributed by atoms with E-state index in [0.29, 0.717) is 22.3 Å². The third-order valence-electron chi connectivity index (χ3n) is 6.00. The second-order valence-electron chi connectivity index (χ2n) is 8.77. The van der Waals surface area contributed by atoms with Gasteiger partial charge in [-0.1, -0.05) is 37.6 Å². The van der Waals surface area contributed by atoms with Crippen molar-refractivity contribution in [3.8, 4) is 22.5 Å². The van der Waals surface area contributed by atoms with Crippen LogP contribution in [0.15, 0.2) is 70.1 Å². The molecule has 2 aromatic carbocycles. The summed E-state index contributed by atoms with van der Waals surface area (Å²) in [6, 6.07) is 19.2. The Hall–Kier alpha value is -3.49. The number of ketones is 1. The minimum Gasteiger partial charge on any atom is -0.456 e. The van der Waals surface area contributed by atoms with Crippen LogP contribution in [0.5, 0.6) is 0 Å². The van der Waals surface area contributed by atoms with Crippen molar-refractivity contribution in [2.75, 3.05) is 24.2 Å². The molecule has 188 valence electrons. The molecule has 0 spiro atoms. The standard InChI is InChI=1S/C28H30N2O5S/c1-3-4-14-29-20-10-12-24-26(17-20)35-27-18-21(30-15-7-16-36(32,33)34)11-13-25(27)28(24)23-9-6-5-8-22(23)19(2)31/h5-6,8-13,17-18,29H,3-4,7,14-16H2,1-2H3,(H,32,33,34). The van der Waals surface area contributed by atoms with Gasteiger partial charge in [-0.3, -0.25) is 14.3 Å². The van der Waals surface area contributed by atoms with E-state index in [1.807, 2.05) is 60.7 Å². The Bertz CT molecular complexity index is 1540. The van der Waals surface area contributed by atoms with E-state index >= 15 is 0 Å². The molecule has 4 rings (SSSR count). The Morgan fingerprint density at radius 1 is 1.03 bits per heavy atom. The van der Waals surface area contributed by atoms with Gasteiger partial charge in [0.2, 0.25) is 0 Å². The predicted octanol–water partition coefficient (Wildman–Crippen LogP) is 5.80. The summed E-state index contributed by atoms with van der Waals surface area (Å²) in [4.78, 5) is 16.9. The Morgan fingerprint density at radius 2 is 1.83 bits per heavy atom. The van der Waals surface area contributed by atoms with Crippen molar-refractivity contribution >= 4 is 32.6 Å². The first-order chi connectivity index (χ1) is 17.3. The van der Waals surface area contributed by atoms with E-state index in [9.17, 15) is 13.2 Å². The van der Waals surface area contributed by atoms with Crippen LogP contribution in [-0.2, 0) is 10.1 Å². The fraction of sp³-hybridized carbons (Fsp3) is 0.286. The average molecular weight is 507 g/mol. The lowest BCUT2D eigenvalue weighted by Crippen LogP contribution is -2.08. The summed E-state index contributed by atoms with van der Waals surface area (Å²) in [5, 5.41) is 4.97. The van der Waals surface area contributed by atoms with E-state index in [1.54, 1.807) is 6.92 Å². The van der Waals surface area contributed by atoms with Gasteiger partial charge in [0.15, 0.2) is 5.78 Å². The molecule has 0 radical (unpaired) electrons. The monoisotopic (exact) mass is 506 g/mol. The summed E-state index contributed by atoms with van der Waals surface area (Å²) in [7, 11) is -4.01. The minimum absolute atomic E-state index is 0.0176. The number of fused-ring (bicyclic) bond motifs is 2. The topological polar surface area (TPSA) is 109 Å². The van der Waals surface area contributed by atoms with E-state index in [1.165, 1.54) is 0 Å². The normalized spacial score (nSPS) is 12.4. The van der Waals surface area contributed by atoms with Crippen molar-refractivity contribution in [2.24, 2.45) is 4.99 Å². The maximum absolute atomic E-state index is 12.5. The van der Waals surface area contributed by atoms with Crippen LogP contribution in [0.1, 0.15) is 43.5 Å². The number of anilines is 1. The highest BCUT2D eigenvalue weighted by Gasteiger charge is 2.20. The van der Waals surface area contributed by atoms with E-state index in [-0.39, 0.29) is 24.5 Å². The number of Topliss-reactive ketones (excluding diaryl/α,β-unsaturated/α-hetero) is 1. The molecule has 0 unspecified atom stereocenters. The number of carbonyl (C=O) groups is 1. The highest BCUT2D eigenvalue weighted by Crippen LogP contribution is 2.41. The third-order valence-corrected chi connectivity index (χ3v) is 6.80. The number of rotatable bonds is 10. The summed E-state index contributed by atoms with van der Waals surface area (Å²) in [5.41, 5.74) is 4.86. The van der Waals surface area contributed by atoms with Crippen LogP contribution in [0.25, 0.3) is 33.4 Å². The number of unbranched alkanes of at least 4 members (excludes halogenated alkanes) is 1. The largest absolute Gasteiger partial charge is 0.456 e. The second-order valence-corrected chi connectivity index (χ2v) is 10.3. The van der Waals surface area contributed by atoms with Crippen molar-refractivity contribution in [3.05, 3.63) is 71.6 Å². The summed E-state index contributed by atoms with van der Waals surface area (Å²) in [5.74, 6) is 0.257. The lowest BCUT2D eigenvalue weighted by Gasteiger charge is -2.18. The van der Waals surface area contributed by atoms with Gasteiger partial charge in [0.1, 0.15) is 11.3 Å². The van der Waals surface area contributed by atoms with Gasteiger partial charge in [-0.25, -0.2) is 0 Å². The third kappa shape index (κ3) is 6.01. The number of hydrogen-bond acceptors (Lipinski definition) is 6. The Morgan fingerprint density at radius 3 is 2.58 bits per heavy atom. The molecule has 2 aromatic rings. The molecule has 1 aliphatic carbocycles. The van der Waals surface area contributed by atoms with E-state index in [4.69, 9.17) is 8.97 Å². The Balaban J connectivity index is 1.88. The van der Waals surface area contributed by atoms with Crippen molar-refractivity contribution < 1.29 is 22.2 Å². The number of benzene rings is 3. The zero-order valence-electron chi connectivity index (χ0n) is 20.5. The van der Waals surface area contributed by atoms with Crippen LogP contribution in [0, 0.1) is 0 Å². The molecule has 2 N–H and O–H groups in total. The highest BCUT2D eigenvalue weighted by atomic mass is 32.2.